The minimum Gasteiger partial charge on any atom is -0.345 e. The first-order valence-corrected chi connectivity index (χ1v) is 8.51. The highest BCUT2D eigenvalue weighted by atomic mass is 35.5. The molecule has 0 radical (unpaired) electrons. The van der Waals surface area contributed by atoms with Crippen LogP contribution < -0.4 is 5.32 Å². The Morgan fingerprint density at radius 1 is 1.29 bits per heavy atom. The molecule has 0 atom stereocenters. The van der Waals surface area contributed by atoms with Crippen molar-refractivity contribution in [2.45, 2.75) is 6.42 Å². The van der Waals surface area contributed by atoms with Crippen molar-refractivity contribution in [2.24, 2.45) is 0 Å². The monoisotopic (exact) mass is 384 g/mol. The molecule has 1 aliphatic rings. The van der Waals surface area contributed by atoms with Crippen molar-refractivity contribution < 1.29 is 4.79 Å². The molecular weight excluding hydrogens is 367 g/mol. The van der Waals surface area contributed by atoms with Crippen molar-refractivity contribution in [3.63, 3.8) is 0 Å². The van der Waals surface area contributed by atoms with Crippen LogP contribution in [0.4, 0.5) is 0 Å². The largest absolute Gasteiger partial charge is 0.345 e. The van der Waals surface area contributed by atoms with Gasteiger partial charge in [0.25, 0.3) is 5.91 Å². The van der Waals surface area contributed by atoms with E-state index in [-0.39, 0.29) is 18.3 Å². The lowest BCUT2D eigenvalue weighted by atomic mass is 10.1. The summed E-state index contributed by atoms with van der Waals surface area (Å²) in [4.78, 5) is 13.5. The maximum Gasteiger partial charge on any atom is 0.254 e. The molecule has 1 aliphatic heterocycles. The fourth-order valence-corrected chi connectivity index (χ4v) is 3.52. The maximum atomic E-state index is 12.0. The predicted molar refractivity (Wildman–Crippen MR) is 101 cm³/mol. The summed E-state index contributed by atoms with van der Waals surface area (Å²) < 4.78 is 0. The lowest BCUT2D eigenvalue weighted by molar-refractivity contribution is 0.0828. The van der Waals surface area contributed by atoms with Crippen molar-refractivity contribution in [3.05, 3.63) is 39.9 Å². The molecule has 0 saturated carbocycles. The molecule has 0 bridgehead atoms. The zero-order chi connectivity index (χ0) is 16.4. The summed E-state index contributed by atoms with van der Waals surface area (Å²) in [6, 6.07) is 5.38. The third-order valence-corrected chi connectivity index (χ3v) is 4.98. The number of hydrogen-bond acceptors (Lipinski definition) is 5. The molecule has 0 aliphatic carbocycles. The van der Waals surface area contributed by atoms with Gasteiger partial charge in [-0.2, -0.15) is 0 Å². The Morgan fingerprint density at radius 3 is 2.67 bits per heavy atom. The van der Waals surface area contributed by atoms with E-state index >= 15 is 0 Å². The Bertz CT molecular complexity index is 773. The molecule has 1 aromatic carbocycles. The van der Waals surface area contributed by atoms with Gasteiger partial charge in [0.15, 0.2) is 0 Å². The minimum absolute atomic E-state index is 0. The van der Waals surface area contributed by atoms with Crippen LogP contribution in [-0.2, 0) is 0 Å². The molecule has 2 heterocycles. The van der Waals surface area contributed by atoms with Crippen LogP contribution >= 0.6 is 35.3 Å². The minimum atomic E-state index is -0.112. The van der Waals surface area contributed by atoms with E-state index in [2.05, 4.69) is 21.6 Å². The second-order valence-electron chi connectivity index (χ2n) is 5.49. The van der Waals surface area contributed by atoms with Gasteiger partial charge in [-0.3, -0.25) is 4.79 Å². The molecule has 0 spiro atoms. The SMILES string of the molecule is CN(C)C(=O)c1ccc(-c2nnc(C3=CCNCC3)s2)cc1Cl.Cl. The Hall–Kier alpha value is -1.47. The summed E-state index contributed by atoms with van der Waals surface area (Å²) in [5.74, 6) is -0.112. The van der Waals surface area contributed by atoms with Gasteiger partial charge in [0.2, 0.25) is 0 Å². The first kappa shape index (κ1) is 18.9. The summed E-state index contributed by atoms with van der Waals surface area (Å²) in [7, 11) is 3.41. The highest BCUT2D eigenvalue weighted by molar-refractivity contribution is 7.15. The fraction of sp³-hybridized carbons (Fsp3) is 0.312. The highest BCUT2D eigenvalue weighted by Gasteiger charge is 2.16. The molecule has 2 aromatic rings. The standard InChI is InChI=1S/C16H17ClN4OS.ClH/c1-21(2)16(22)12-4-3-11(9-13(12)17)15-20-19-14(23-15)10-5-7-18-8-6-10;/h3-5,9,18H,6-8H2,1-2H3;1H. The van der Waals surface area contributed by atoms with E-state index in [1.807, 2.05) is 6.07 Å². The molecule has 1 amide bonds. The van der Waals surface area contributed by atoms with Crippen molar-refractivity contribution in [1.29, 1.82) is 0 Å². The summed E-state index contributed by atoms with van der Waals surface area (Å²) in [5.41, 5.74) is 2.60. The summed E-state index contributed by atoms with van der Waals surface area (Å²) in [6.45, 7) is 1.84. The van der Waals surface area contributed by atoms with Crippen LogP contribution in [0, 0.1) is 0 Å². The first-order valence-electron chi connectivity index (χ1n) is 7.31. The molecule has 8 heteroatoms. The van der Waals surface area contributed by atoms with Crippen molar-refractivity contribution in [1.82, 2.24) is 20.4 Å². The van der Waals surface area contributed by atoms with Gasteiger partial charge in [0, 0.05) is 26.2 Å². The van der Waals surface area contributed by atoms with Gasteiger partial charge in [0.1, 0.15) is 10.0 Å². The van der Waals surface area contributed by atoms with Gasteiger partial charge < -0.3 is 10.2 Å². The Morgan fingerprint density at radius 2 is 2.04 bits per heavy atom. The van der Waals surface area contributed by atoms with E-state index in [1.165, 1.54) is 10.5 Å². The van der Waals surface area contributed by atoms with E-state index in [1.54, 1.807) is 37.6 Å². The van der Waals surface area contributed by atoms with E-state index < -0.39 is 0 Å². The second-order valence-corrected chi connectivity index (χ2v) is 6.87. The maximum absolute atomic E-state index is 12.0. The third kappa shape index (κ3) is 3.95. The molecule has 0 unspecified atom stereocenters. The molecule has 1 N–H and O–H groups in total. The first-order chi connectivity index (χ1) is 11.1. The number of aromatic nitrogens is 2. The molecular formula is C16H18Cl2N4OS. The highest BCUT2D eigenvalue weighted by Crippen LogP contribution is 2.31. The Labute approximate surface area is 156 Å². The fourth-order valence-electron chi connectivity index (χ4n) is 2.35. The Kier molecular flexibility index (Phi) is 6.34. The van der Waals surface area contributed by atoms with E-state index in [0.29, 0.717) is 10.6 Å². The molecule has 0 saturated heterocycles. The van der Waals surface area contributed by atoms with Crippen LogP contribution in [0.25, 0.3) is 16.1 Å². The quantitative estimate of drug-likeness (QED) is 0.880. The number of hydrogen-bond donors (Lipinski definition) is 1. The molecule has 24 heavy (non-hydrogen) atoms. The summed E-state index contributed by atoms with van der Waals surface area (Å²) in [6.07, 6.45) is 3.12. The topological polar surface area (TPSA) is 58.1 Å². The van der Waals surface area contributed by atoms with Crippen LogP contribution in [0.3, 0.4) is 0 Å². The van der Waals surface area contributed by atoms with Crippen molar-refractivity contribution in [3.8, 4) is 10.6 Å². The second kappa shape index (κ2) is 8.07. The van der Waals surface area contributed by atoms with Gasteiger partial charge in [-0.15, -0.1) is 22.6 Å². The van der Waals surface area contributed by atoms with Crippen LogP contribution in [0.1, 0.15) is 21.8 Å². The van der Waals surface area contributed by atoms with E-state index in [4.69, 9.17) is 11.6 Å². The molecule has 1 aromatic heterocycles. The number of rotatable bonds is 3. The van der Waals surface area contributed by atoms with Crippen LogP contribution in [0.15, 0.2) is 24.3 Å². The molecule has 5 nitrogen and oxygen atoms in total. The number of benzene rings is 1. The number of carbonyl (C=O) groups is 1. The lowest BCUT2D eigenvalue weighted by Gasteiger charge is -2.12. The number of nitrogens with zero attached hydrogens (tertiary/aromatic N) is 3. The normalized spacial score (nSPS) is 13.9. The van der Waals surface area contributed by atoms with Crippen LogP contribution in [0.5, 0.6) is 0 Å². The lowest BCUT2D eigenvalue weighted by Crippen LogP contribution is -2.21. The zero-order valence-corrected chi connectivity index (χ0v) is 15.8. The number of amides is 1. The Balaban J connectivity index is 0.00000208. The van der Waals surface area contributed by atoms with Gasteiger partial charge in [-0.05, 0) is 30.7 Å². The van der Waals surface area contributed by atoms with Gasteiger partial charge in [-0.1, -0.05) is 35.1 Å². The summed E-state index contributed by atoms with van der Waals surface area (Å²) >= 11 is 7.81. The van der Waals surface area contributed by atoms with Gasteiger partial charge in [-0.25, -0.2) is 0 Å². The summed E-state index contributed by atoms with van der Waals surface area (Å²) in [5, 5.41) is 14.0. The van der Waals surface area contributed by atoms with Crippen molar-refractivity contribution >= 4 is 46.8 Å². The zero-order valence-electron chi connectivity index (χ0n) is 13.4. The molecule has 0 fully saturated rings. The average Bonchev–Trinajstić information content (AvgIpc) is 3.05. The predicted octanol–water partition coefficient (Wildman–Crippen LogP) is 3.36. The van der Waals surface area contributed by atoms with Crippen LogP contribution in [-0.4, -0.2) is 48.2 Å². The van der Waals surface area contributed by atoms with Crippen LogP contribution in [0.2, 0.25) is 5.02 Å². The third-order valence-electron chi connectivity index (χ3n) is 3.62. The number of halogens is 2. The smallest absolute Gasteiger partial charge is 0.254 e. The average molecular weight is 385 g/mol. The van der Waals surface area contributed by atoms with E-state index in [9.17, 15) is 4.79 Å². The van der Waals surface area contributed by atoms with Gasteiger partial charge in [0.05, 0.1) is 10.6 Å². The van der Waals surface area contributed by atoms with E-state index in [0.717, 1.165) is 35.1 Å². The van der Waals surface area contributed by atoms with Crippen molar-refractivity contribution in [2.75, 3.05) is 27.2 Å². The van der Waals surface area contributed by atoms with Gasteiger partial charge >= 0.3 is 0 Å². The number of nitrogens with one attached hydrogen (secondary N) is 1. The number of carbonyl (C=O) groups excluding carboxylic acids is 1. The molecule has 128 valence electrons. The molecule has 3 rings (SSSR count).